The van der Waals surface area contributed by atoms with E-state index in [-0.39, 0.29) is 18.9 Å². The normalized spacial score (nSPS) is 11.8. The van der Waals surface area contributed by atoms with Crippen LogP contribution in [0.4, 0.5) is 0 Å². The quantitative estimate of drug-likeness (QED) is 0.719. The maximum atomic E-state index is 11.6. The summed E-state index contributed by atoms with van der Waals surface area (Å²) in [5, 5.41) is 11.2. The number of nitrogens with one attached hydrogen (secondary N) is 1. The van der Waals surface area contributed by atoms with E-state index in [4.69, 9.17) is 9.84 Å². The third kappa shape index (κ3) is 4.60. The Morgan fingerprint density at radius 1 is 1.47 bits per heavy atom. The molecule has 1 aromatic heterocycles. The first-order valence-electron chi connectivity index (χ1n) is 5.03. The van der Waals surface area contributed by atoms with Crippen LogP contribution in [-0.2, 0) is 20.7 Å². The molecular formula is C11H14N2O4. The van der Waals surface area contributed by atoms with Crippen molar-refractivity contribution in [1.29, 1.82) is 0 Å². The summed E-state index contributed by atoms with van der Waals surface area (Å²) in [5.41, 5.74) is 0.777. The summed E-state index contributed by atoms with van der Waals surface area (Å²) in [6.45, 7) is -0.0581. The van der Waals surface area contributed by atoms with Gasteiger partial charge in [-0.3, -0.25) is 9.78 Å². The van der Waals surface area contributed by atoms with Crippen LogP contribution < -0.4 is 5.32 Å². The number of aromatic nitrogens is 1. The summed E-state index contributed by atoms with van der Waals surface area (Å²) in [6.07, 6.45) is 3.27. The number of nitrogens with zero attached hydrogens (tertiary/aromatic N) is 1. The van der Waals surface area contributed by atoms with E-state index in [2.05, 4.69) is 10.3 Å². The molecule has 17 heavy (non-hydrogen) atoms. The summed E-state index contributed by atoms with van der Waals surface area (Å²) in [7, 11) is 1.38. The molecule has 0 bridgehead atoms. The van der Waals surface area contributed by atoms with E-state index in [1.54, 1.807) is 24.5 Å². The highest BCUT2D eigenvalue weighted by molar-refractivity contribution is 5.84. The zero-order chi connectivity index (χ0) is 12.7. The molecule has 0 spiro atoms. The second-order valence-electron chi connectivity index (χ2n) is 3.45. The lowest BCUT2D eigenvalue weighted by Crippen LogP contribution is -2.44. The van der Waals surface area contributed by atoms with Crippen molar-refractivity contribution in [2.75, 3.05) is 13.7 Å². The van der Waals surface area contributed by atoms with E-state index in [0.29, 0.717) is 0 Å². The van der Waals surface area contributed by atoms with Crippen molar-refractivity contribution < 1.29 is 19.4 Å². The molecule has 1 amide bonds. The highest BCUT2D eigenvalue weighted by Crippen LogP contribution is 1.98. The molecule has 1 aromatic rings. The van der Waals surface area contributed by atoms with E-state index in [9.17, 15) is 9.59 Å². The standard InChI is InChI=1S/C11H14N2O4/c1-17-7-9(11(15)16)13-10(14)6-8-2-4-12-5-3-8/h2-5,9H,6-7H2,1H3,(H,13,14)(H,15,16). The van der Waals surface area contributed by atoms with E-state index in [1.807, 2.05) is 0 Å². The fraction of sp³-hybridized carbons (Fsp3) is 0.364. The van der Waals surface area contributed by atoms with Gasteiger partial charge in [-0.2, -0.15) is 0 Å². The lowest BCUT2D eigenvalue weighted by atomic mass is 10.2. The molecule has 6 nitrogen and oxygen atoms in total. The predicted molar refractivity (Wildman–Crippen MR) is 59.4 cm³/mol. The van der Waals surface area contributed by atoms with Crippen LogP contribution in [0.3, 0.4) is 0 Å². The second kappa shape index (κ2) is 6.59. The average Bonchev–Trinajstić information content (AvgIpc) is 2.29. The highest BCUT2D eigenvalue weighted by atomic mass is 16.5. The van der Waals surface area contributed by atoms with Gasteiger partial charge < -0.3 is 15.2 Å². The number of ether oxygens (including phenoxy) is 1. The molecule has 2 N–H and O–H groups in total. The third-order valence-corrected chi connectivity index (χ3v) is 2.08. The van der Waals surface area contributed by atoms with Crippen molar-refractivity contribution in [1.82, 2.24) is 10.3 Å². The fourth-order valence-corrected chi connectivity index (χ4v) is 1.27. The van der Waals surface area contributed by atoms with Crippen LogP contribution in [0.25, 0.3) is 0 Å². The molecule has 0 saturated carbocycles. The molecule has 0 aliphatic carbocycles. The number of aliphatic carboxylic acids is 1. The van der Waals surface area contributed by atoms with Crippen LogP contribution in [0, 0.1) is 0 Å². The SMILES string of the molecule is COCC(NC(=O)Cc1ccncc1)C(=O)O. The van der Waals surface area contributed by atoms with E-state index in [0.717, 1.165) is 5.56 Å². The van der Waals surface area contributed by atoms with Crippen molar-refractivity contribution >= 4 is 11.9 Å². The van der Waals surface area contributed by atoms with Gasteiger partial charge in [-0.1, -0.05) is 0 Å². The van der Waals surface area contributed by atoms with E-state index < -0.39 is 12.0 Å². The van der Waals surface area contributed by atoms with Gasteiger partial charge >= 0.3 is 5.97 Å². The Hall–Kier alpha value is -1.95. The van der Waals surface area contributed by atoms with Gasteiger partial charge in [-0.25, -0.2) is 4.79 Å². The molecule has 0 aliphatic heterocycles. The largest absolute Gasteiger partial charge is 0.480 e. The molecule has 6 heteroatoms. The number of rotatable bonds is 6. The van der Waals surface area contributed by atoms with Crippen LogP contribution in [0.5, 0.6) is 0 Å². The first-order valence-corrected chi connectivity index (χ1v) is 5.03. The number of carbonyl (C=O) groups excluding carboxylic acids is 1. The number of amides is 1. The first-order chi connectivity index (χ1) is 8.13. The number of pyridine rings is 1. The molecule has 1 atom stereocenters. The molecule has 0 aliphatic rings. The maximum absolute atomic E-state index is 11.6. The Morgan fingerprint density at radius 3 is 2.65 bits per heavy atom. The summed E-state index contributed by atoms with van der Waals surface area (Å²) >= 11 is 0. The summed E-state index contributed by atoms with van der Waals surface area (Å²) < 4.78 is 4.71. The van der Waals surface area contributed by atoms with E-state index in [1.165, 1.54) is 7.11 Å². The Morgan fingerprint density at radius 2 is 2.12 bits per heavy atom. The smallest absolute Gasteiger partial charge is 0.328 e. The number of carbonyl (C=O) groups is 2. The third-order valence-electron chi connectivity index (χ3n) is 2.08. The summed E-state index contributed by atoms with van der Waals surface area (Å²) in [5.74, 6) is -1.48. The van der Waals surface area contributed by atoms with Gasteiger partial charge in [-0.15, -0.1) is 0 Å². The van der Waals surface area contributed by atoms with Crippen molar-refractivity contribution in [2.24, 2.45) is 0 Å². The minimum atomic E-state index is -1.12. The van der Waals surface area contributed by atoms with E-state index >= 15 is 0 Å². The van der Waals surface area contributed by atoms with Gasteiger partial charge in [0.25, 0.3) is 0 Å². The Bertz CT molecular complexity index is 380. The predicted octanol–water partition coefficient (Wildman–Crippen LogP) is -0.160. The van der Waals surface area contributed by atoms with Crippen molar-refractivity contribution in [3.05, 3.63) is 30.1 Å². The minimum Gasteiger partial charge on any atom is -0.480 e. The molecular weight excluding hydrogens is 224 g/mol. The van der Waals surface area contributed by atoms with Gasteiger partial charge in [0.1, 0.15) is 0 Å². The van der Waals surface area contributed by atoms with Crippen molar-refractivity contribution in [3.8, 4) is 0 Å². The fourth-order valence-electron chi connectivity index (χ4n) is 1.27. The number of carboxylic acids is 1. The van der Waals surface area contributed by atoms with Crippen LogP contribution in [-0.4, -0.2) is 41.7 Å². The first kappa shape index (κ1) is 13.1. The lowest BCUT2D eigenvalue weighted by molar-refractivity contribution is -0.143. The van der Waals surface area contributed by atoms with Crippen LogP contribution in [0.2, 0.25) is 0 Å². The Labute approximate surface area is 98.6 Å². The highest BCUT2D eigenvalue weighted by Gasteiger charge is 2.19. The zero-order valence-corrected chi connectivity index (χ0v) is 9.42. The topological polar surface area (TPSA) is 88.5 Å². The number of hydrogen-bond donors (Lipinski definition) is 2. The van der Waals surface area contributed by atoms with Crippen LogP contribution in [0.15, 0.2) is 24.5 Å². The number of carboxylic acid groups (broad SMARTS) is 1. The van der Waals surface area contributed by atoms with Crippen LogP contribution >= 0.6 is 0 Å². The molecule has 0 saturated heterocycles. The average molecular weight is 238 g/mol. The number of hydrogen-bond acceptors (Lipinski definition) is 4. The Balaban J connectivity index is 2.51. The Kier molecular flexibility index (Phi) is 5.09. The van der Waals surface area contributed by atoms with Gasteiger partial charge in [-0.05, 0) is 17.7 Å². The van der Waals surface area contributed by atoms with Gasteiger partial charge in [0.15, 0.2) is 6.04 Å². The lowest BCUT2D eigenvalue weighted by Gasteiger charge is -2.13. The number of methoxy groups -OCH3 is 1. The van der Waals surface area contributed by atoms with Crippen LogP contribution in [0.1, 0.15) is 5.56 Å². The minimum absolute atomic E-state index is 0.0581. The molecule has 1 heterocycles. The summed E-state index contributed by atoms with van der Waals surface area (Å²) in [4.78, 5) is 26.1. The molecule has 0 fully saturated rings. The molecule has 1 rings (SSSR count). The van der Waals surface area contributed by atoms with Gasteiger partial charge in [0.2, 0.25) is 5.91 Å². The molecule has 0 radical (unpaired) electrons. The maximum Gasteiger partial charge on any atom is 0.328 e. The second-order valence-corrected chi connectivity index (χ2v) is 3.45. The zero-order valence-electron chi connectivity index (χ0n) is 9.42. The summed E-state index contributed by atoms with van der Waals surface area (Å²) in [6, 6.07) is 2.38. The van der Waals surface area contributed by atoms with Crippen molar-refractivity contribution in [2.45, 2.75) is 12.5 Å². The monoisotopic (exact) mass is 238 g/mol. The van der Waals surface area contributed by atoms with Gasteiger partial charge in [0, 0.05) is 19.5 Å². The van der Waals surface area contributed by atoms with Crippen molar-refractivity contribution in [3.63, 3.8) is 0 Å². The molecule has 0 aromatic carbocycles. The molecule has 1 unspecified atom stereocenters. The van der Waals surface area contributed by atoms with Gasteiger partial charge in [0.05, 0.1) is 13.0 Å². The molecule has 92 valence electrons.